The number of pyridine rings is 1. The summed E-state index contributed by atoms with van der Waals surface area (Å²) in [4.78, 5) is 32.7. The van der Waals surface area contributed by atoms with Crippen LogP contribution in [0.2, 0.25) is 0 Å². The number of methoxy groups -OCH3 is 1. The van der Waals surface area contributed by atoms with Crippen LogP contribution in [0.4, 0.5) is 15.8 Å². The fourth-order valence-electron chi connectivity index (χ4n) is 4.95. The third-order valence-corrected chi connectivity index (χ3v) is 7.82. The van der Waals surface area contributed by atoms with Gasteiger partial charge in [0.25, 0.3) is 0 Å². The Balaban J connectivity index is 1.22. The first-order valence-electron chi connectivity index (χ1n) is 14.8. The molecule has 5 rings (SSSR count). The molecule has 0 aliphatic heterocycles. The Morgan fingerprint density at radius 2 is 1.52 bits per heavy atom. The van der Waals surface area contributed by atoms with Crippen molar-refractivity contribution < 1.29 is 28.2 Å². The molecule has 44 heavy (non-hydrogen) atoms. The second-order valence-corrected chi connectivity index (χ2v) is 10.7. The van der Waals surface area contributed by atoms with Gasteiger partial charge in [0.05, 0.1) is 19.2 Å². The smallest absolute Gasteiger partial charge is 0.240 e. The maximum absolute atomic E-state index is 13.2. The highest BCUT2D eigenvalue weighted by molar-refractivity contribution is 6.16. The van der Waals surface area contributed by atoms with Gasteiger partial charge in [-0.3, -0.25) is 14.6 Å². The lowest BCUT2D eigenvalue weighted by atomic mass is 10.0. The van der Waals surface area contributed by atoms with Gasteiger partial charge in [-0.05, 0) is 93.0 Å². The summed E-state index contributed by atoms with van der Waals surface area (Å²) < 4.78 is 31.0. The molecule has 10 heteroatoms. The molecule has 0 bridgehead atoms. The highest BCUT2D eigenvalue weighted by Gasteiger charge is 2.56. The van der Waals surface area contributed by atoms with E-state index >= 15 is 0 Å². The van der Waals surface area contributed by atoms with Gasteiger partial charge in [-0.1, -0.05) is 13.8 Å². The molecule has 1 aliphatic carbocycles. The Hall–Kier alpha value is -4.70. The van der Waals surface area contributed by atoms with Crippen molar-refractivity contribution in [3.05, 3.63) is 78.7 Å². The van der Waals surface area contributed by atoms with Crippen LogP contribution in [0.1, 0.15) is 33.1 Å². The number of benzene rings is 3. The lowest BCUT2D eigenvalue weighted by Crippen LogP contribution is -2.35. The maximum Gasteiger partial charge on any atom is 0.240 e. The van der Waals surface area contributed by atoms with Gasteiger partial charge in [-0.25, -0.2) is 4.39 Å². The zero-order valence-corrected chi connectivity index (χ0v) is 25.2. The molecule has 1 aromatic heterocycles. The molecule has 1 aliphatic rings. The predicted octanol–water partition coefficient (Wildman–Crippen LogP) is 6.64. The van der Waals surface area contributed by atoms with E-state index in [4.69, 9.17) is 14.2 Å². The highest BCUT2D eigenvalue weighted by atomic mass is 19.1. The van der Waals surface area contributed by atoms with E-state index in [1.807, 2.05) is 12.1 Å². The molecule has 9 nitrogen and oxygen atoms in total. The number of rotatable bonds is 14. The topological polar surface area (TPSA) is 102 Å². The van der Waals surface area contributed by atoms with Crippen molar-refractivity contribution in [3.8, 4) is 23.0 Å². The van der Waals surface area contributed by atoms with Crippen LogP contribution in [0.15, 0.2) is 72.9 Å². The fraction of sp³-hybridized carbons (Fsp3) is 0.324. The van der Waals surface area contributed by atoms with Crippen LogP contribution >= 0.6 is 0 Å². The van der Waals surface area contributed by atoms with E-state index in [1.54, 1.807) is 43.6 Å². The van der Waals surface area contributed by atoms with Crippen molar-refractivity contribution in [1.29, 1.82) is 0 Å². The van der Waals surface area contributed by atoms with E-state index in [1.165, 1.54) is 24.3 Å². The third kappa shape index (κ3) is 7.08. The normalized spacial score (nSPS) is 13.4. The number of carbonyl (C=O) groups excluding carboxylic acids is 2. The number of amides is 2. The number of ether oxygens (including phenoxy) is 3. The summed E-state index contributed by atoms with van der Waals surface area (Å²) in [6, 6.07) is 17.8. The molecule has 2 amide bonds. The number of nitrogens with one attached hydrogen (secondary N) is 2. The second-order valence-electron chi connectivity index (χ2n) is 10.7. The number of aromatic nitrogens is 1. The Morgan fingerprint density at radius 3 is 2.11 bits per heavy atom. The minimum atomic E-state index is -1.15. The summed E-state index contributed by atoms with van der Waals surface area (Å²) in [7, 11) is 1.60. The summed E-state index contributed by atoms with van der Waals surface area (Å²) in [6.07, 6.45) is 3.46. The molecule has 0 saturated heterocycles. The average molecular weight is 601 g/mol. The highest BCUT2D eigenvalue weighted by Crippen LogP contribution is 2.47. The molecule has 0 spiro atoms. The van der Waals surface area contributed by atoms with E-state index < -0.39 is 17.1 Å². The zero-order valence-electron chi connectivity index (χ0n) is 25.2. The van der Waals surface area contributed by atoms with Gasteiger partial charge in [-0.2, -0.15) is 0 Å². The van der Waals surface area contributed by atoms with Gasteiger partial charge in [0.15, 0.2) is 11.5 Å². The standard InChI is InChI=1S/C34H37FN4O5/c1-4-39(5-2)19-6-20-43-31-22-28-27(21-30(31)42-3)29(15-18-36-28)44-26-13-11-25(12-14-26)38-33(41)34(16-17-34)32(40)37-24-9-7-23(35)8-10-24/h7-15,18,21-22H,4-6,16-17,19-20H2,1-3H3,(H,37,40)(H,38,41). The third-order valence-electron chi connectivity index (χ3n) is 7.82. The van der Waals surface area contributed by atoms with Crippen molar-refractivity contribution in [1.82, 2.24) is 9.88 Å². The van der Waals surface area contributed by atoms with Gasteiger partial charge in [0, 0.05) is 35.6 Å². The Bertz CT molecular complexity index is 1600. The number of anilines is 2. The van der Waals surface area contributed by atoms with Crippen LogP contribution in [-0.4, -0.2) is 55.0 Å². The van der Waals surface area contributed by atoms with Gasteiger partial charge >= 0.3 is 0 Å². The average Bonchev–Trinajstić information content (AvgIpc) is 3.86. The van der Waals surface area contributed by atoms with Crippen molar-refractivity contribution in [2.45, 2.75) is 33.1 Å². The van der Waals surface area contributed by atoms with Crippen molar-refractivity contribution in [2.75, 3.05) is 44.0 Å². The Kier molecular flexibility index (Phi) is 9.59. The summed E-state index contributed by atoms with van der Waals surface area (Å²) in [5, 5.41) is 6.31. The first-order chi connectivity index (χ1) is 21.3. The van der Waals surface area contributed by atoms with Gasteiger partial charge in [0.2, 0.25) is 11.8 Å². The van der Waals surface area contributed by atoms with Crippen LogP contribution in [0.5, 0.6) is 23.0 Å². The first kappa shape index (κ1) is 30.7. The molecular formula is C34H37FN4O5. The maximum atomic E-state index is 13.2. The van der Waals surface area contributed by atoms with Crippen LogP contribution in [0, 0.1) is 11.2 Å². The monoisotopic (exact) mass is 600 g/mol. The number of nitrogens with zero attached hydrogens (tertiary/aromatic N) is 2. The largest absolute Gasteiger partial charge is 0.493 e. The van der Waals surface area contributed by atoms with Gasteiger partial charge in [-0.15, -0.1) is 0 Å². The molecule has 0 radical (unpaired) electrons. The van der Waals surface area contributed by atoms with Crippen molar-refractivity contribution in [2.24, 2.45) is 5.41 Å². The van der Waals surface area contributed by atoms with E-state index in [0.717, 1.165) is 31.4 Å². The minimum Gasteiger partial charge on any atom is -0.493 e. The number of fused-ring (bicyclic) bond motifs is 1. The number of hydrogen-bond acceptors (Lipinski definition) is 7. The van der Waals surface area contributed by atoms with Crippen LogP contribution in [0.25, 0.3) is 10.9 Å². The molecule has 0 unspecified atom stereocenters. The molecular weight excluding hydrogens is 563 g/mol. The van der Waals surface area contributed by atoms with Crippen molar-refractivity contribution in [3.63, 3.8) is 0 Å². The minimum absolute atomic E-state index is 0.385. The van der Waals surface area contributed by atoms with Crippen LogP contribution in [-0.2, 0) is 9.59 Å². The number of hydrogen-bond donors (Lipinski definition) is 2. The number of carbonyl (C=O) groups is 2. The predicted molar refractivity (Wildman–Crippen MR) is 168 cm³/mol. The molecule has 1 saturated carbocycles. The Labute approximate surface area is 256 Å². The van der Waals surface area contributed by atoms with E-state index in [0.29, 0.717) is 59.3 Å². The number of halogens is 1. The lowest BCUT2D eigenvalue weighted by Gasteiger charge is -2.18. The molecule has 3 aromatic carbocycles. The van der Waals surface area contributed by atoms with Gasteiger partial charge in [0.1, 0.15) is 22.7 Å². The van der Waals surface area contributed by atoms with E-state index in [-0.39, 0.29) is 5.91 Å². The molecule has 1 fully saturated rings. The van der Waals surface area contributed by atoms with Crippen molar-refractivity contribution >= 4 is 34.1 Å². The zero-order chi connectivity index (χ0) is 31.1. The van der Waals surface area contributed by atoms with E-state index in [9.17, 15) is 14.0 Å². The van der Waals surface area contributed by atoms with Crippen LogP contribution in [0.3, 0.4) is 0 Å². The summed E-state index contributed by atoms with van der Waals surface area (Å²) in [5.74, 6) is 1.17. The lowest BCUT2D eigenvalue weighted by molar-refractivity contribution is -0.131. The van der Waals surface area contributed by atoms with Gasteiger partial charge < -0.3 is 29.7 Å². The molecule has 0 atom stereocenters. The SMILES string of the molecule is CCN(CC)CCCOc1cc2nccc(Oc3ccc(NC(=O)C4(C(=O)Nc5ccc(F)cc5)CC4)cc3)c2cc1OC. The molecule has 1 heterocycles. The summed E-state index contributed by atoms with van der Waals surface area (Å²) >= 11 is 0. The van der Waals surface area contributed by atoms with E-state index in [2.05, 4.69) is 34.4 Å². The first-order valence-corrected chi connectivity index (χ1v) is 14.8. The summed E-state index contributed by atoms with van der Waals surface area (Å²) in [5.41, 5.74) is 0.534. The van der Waals surface area contributed by atoms with Crippen LogP contribution < -0.4 is 24.8 Å². The molecule has 230 valence electrons. The molecule has 2 N–H and O–H groups in total. The Morgan fingerprint density at radius 1 is 0.886 bits per heavy atom. The fourth-order valence-corrected chi connectivity index (χ4v) is 4.95. The molecule has 4 aromatic rings. The summed E-state index contributed by atoms with van der Waals surface area (Å²) in [6.45, 7) is 7.87. The quantitative estimate of drug-likeness (QED) is 0.124. The second kappa shape index (κ2) is 13.7.